The van der Waals surface area contributed by atoms with Gasteiger partial charge in [0.1, 0.15) is 0 Å². The molecular formula is C30H40N4O. The monoisotopic (exact) mass is 472 g/mol. The minimum Gasteiger partial charge on any atom is -0.364 e. The first-order valence-electron chi connectivity index (χ1n) is 12.7. The molecule has 1 saturated heterocycles. The van der Waals surface area contributed by atoms with Crippen LogP contribution >= 0.6 is 0 Å². The molecule has 1 aromatic heterocycles. The van der Waals surface area contributed by atoms with Crippen LogP contribution in [0.5, 0.6) is 0 Å². The van der Waals surface area contributed by atoms with Crippen molar-refractivity contribution in [1.29, 1.82) is 0 Å². The Morgan fingerprint density at radius 3 is 2.17 bits per heavy atom. The SMILES string of the molecule is Cc1cc(C)c(CN(c2cc(-c3ccc(CN(C)C)cc3)ccc2C)C2CCN(C)CC2)c(=O)[nH]1. The van der Waals surface area contributed by atoms with E-state index in [9.17, 15) is 4.79 Å². The van der Waals surface area contributed by atoms with E-state index in [2.05, 4.69) is 103 Å². The van der Waals surface area contributed by atoms with Gasteiger partial charge in [0.2, 0.25) is 0 Å². The van der Waals surface area contributed by atoms with Crippen molar-refractivity contribution in [2.24, 2.45) is 0 Å². The molecule has 1 fully saturated rings. The number of hydrogen-bond donors (Lipinski definition) is 1. The highest BCUT2D eigenvalue weighted by Crippen LogP contribution is 2.33. The molecule has 0 saturated carbocycles. The fourth-order valence-electron chi connectivity index (χ4n) is 5.23. The number of rotatable bonds is 7. The van der Waals surface area contributed by atoms with Crippen molar-refractivity contribution >= 4 is 5.69 Å². The summed E-state index contributed by atoms with van der Waals surface area (Å²) in [6.45, 7) is 9.92. The third-order valence-corrected chi connectivity index (χ3v) is 7.26. The van der Waals surface area contributed by atoms with Crippen molar-refractivity contribution in [3.8, 4) is 11.1 Å². The van der Waals surface area contributed by atoms with Gasteiger partial charge >= 0.3 is 0 Å². The maximum absolute atomic E-state index is 13.0. The third-order valence-electron chi connectivity index (χ3n) is 7.26. The van der Waals surface area contributed by atoms with Crippen LogP contribution in [0.2, 0.25) is 0 Å². The van der Waals surface area contributed by atoms with Gasteiger partial charge in [0.25, 0.3) is 5.56 Å². The lowest BCUT2D eigenvalue weighted by molar-refractivity contribution is 0.249. The summed E-state index contributed by atoms with van der Waals surface area (Å²) in [5, 5.41) is 0. The van der Waals surface area contributed by atoms with Crippen molar-refractivity contribution in [1.82, 2.24) is 14.8 Å². The molecule has 0 bridgehead atoms. The summed E-state index contributed by atoms with van der Waals surface area (Å²) < 4.78 is 0. The molecule has 5 nitrogen and oxygen atoms in total. The zero-order valence-corrected chi connectivity index (χ0v) is 22.2. The zero-order valence-electron chi connectivity index (χ0n) is 22.2. The van der Waals surface area contributed by atoms with Crippen LogP contribution in [0.15, 0.2) is 53.3 Å². The molecule has 4 rings (SSSR count). The van der Waals surface area contributed by atoms with E-state index in [0.717, 1.165) is 49.3 Å². The van der Waals surface area contributed by atoms with Gasteiger partial charge in [0, 0.05) is 36.1 Å². The standard InChI is InChI=1S/C30H40N4O/c1-21-7-10-26(25-11-8-24(9-12-25)19-32(4)5)18-29(21)34(27-13-15-33(6)16-14-27)20-28-22(2)17-23(3)31-30(28)35/h7-12,17-18,27H,13-16,19-20H2,1-6H3,(H,31,35). The number of likely N-dealkylation sites (tertiary alicyclic amines) is 1. The molecule has 0 aliphatic carbocycles. The van der Waals surface area contributed by atoms with Crippen LogP contribution in [0.1, 0.15) is 40.8 Å². The van der Waals surface area contributed by atoms with Gasteiger partial charge in [-0.15, -0.1) is 0 Å². The molecule has 0 atom stereocenters. The van der Waals surface area contributed by atoms with Gasteiger partial charge in [-0.25, -0.2) is 0 Å². The maximum Gasteiger partial charge on any atom is 0.253 e. The first-order chi connectivity index (χ1) is 16.7. The van der Waals surface area contributed by atoms with Crippen LogP contribution in [0, 0.1) is 20.8 Å². The average molecular weight is 473 g/mol. The molecule has 0 radical (unpaired) electrons. The summed E-state index contributed by atoms with van der Waals surface area (Å²) >= 11 is 0. The van der Waals surface area contributed by atoms with E-state index in [-0.39, 0.29) is 5.56 Å². The highest BCUT2D eigenvalue weighted by Gasteiger charge is 2.26. The predicted octanol–water partition coefficient (Wildman–Crippen LogP) is 5.13. The predicted molar refractivity (Wildman–Crippen MR) is 147 cm³/mol. The highest BCUT2D eigenvalue weighted by molar-refractivity contribution is 5.71. The number of nitrogens with zero attached hydrogens (tertiary/aromatic N) is 3. The Labute approximate surface area is 210 Å². The van der Waals surface area contributed by atoms with Gasteiger partial charge in [-0.05, 0) is 108 Å². The molecule has 3 aromatic rings. The average Bonchev–Trinajstić information content (AvgIpc) is 2.80. The lowest BCUT2D eigenvalue weighted by Gasteiger charge is -2.40. The number of benzene rings is 2. The molecule has 0 amide bonds. The summed E-state index contributed by atoms with van der Waals surface area (Å²) in [6.07, 6.45) is 2.20. The number of hydrogen-bond acceptors (Lipinski definition) is 4. The molecule has 0 spiro atoms. The largest absolute Gasteiger partial charge is 0.364 e. The van der Waals surface area contributed by atoms with Gasteiger partial charge in [-0.2, -0.15) is 0 Å². The second kappa shape index (κ2) is 10.8. The highest BCUT2D eigenvalue weighted by atomic mass is 16.1. The van der Waals surface area contributed by atoms with E-state index < -0.39 is 0 Å². The van der Waals surface area contributed by atoms with E-state index in [1.54, 1.807) is 0 Å². The Kier molecular flexibility index (Phi) is 7.78. The summed E-state index contributed by atoms with van der Waals surface area (Å²) in [7, 11) is 6.39. The zero-order chi connectivity index (χ0) is 25.1. The minimum absolute atomic E-state index is 0.0331. The van der Waals surface area contributed by atoms with E-state index in [1.165, 1.54) is 27.9 Å². The molecule has 2 heterocycles. The topological polar surface area (TPSA) is 42.6 Å². The normalized spacial score (nSPS) is 15.1. The summed E-state index contributed by atoms with van der Waals surface area (Å²) in [6, 6.07) is 18.2. The van der Waals surface area contributed by atoms with Crippen molar-refractivity contribution in [3.05, 3.63) is 86.8 Å². The lowest BCUT2D eigenvalue weighted by atomic mass is 9.97. The van der Waals surface area contributed by atoms with E-state index in [1.807, 2.05) is 6.92 Å². The number of pyridine rings is 1. The molecule has 35 heavy (non-hydrogen) atoms. The molecule has 2 aromatic carbocycles. The van der Waals surface area contributed by atoms with Crippen LogP contribution in [-0.2, 0) is 13.1 Å². The lowest BCUT2D eigenvalue weighted by Crippen LogP contribution is -2.44. The molecule has 5 heteroatoms. The van der Waals surface area contributed by atoms with Crippen molar-refractivity contribution in [3.63, 3.8) is 0 Å². The Morgan fingerprint density at radius 2 is 1.54 bits per heavy atom. The quantitative estimate of drug-likeness (QED) is 0.518. The van der Waals surface area contributed by atoms with Gasteiger partial charge in [0.05, 0.1) is 0 Å². The van der Waals surface area contributed by atoms with Gasteiger partial charge < -0.3 is 19.7 Å². The Morgan fingerprint density at radius 1 is 0.886 bits per heavy atom. The summed E-state index contributed by atoms with van der Waals surface area (Å²) in [4.78, 5) is 23.1. The number of piperidine rings is 1. The second-order valence-corrected chi connectivity index (χ2v) is 10.5. The summed E-state index contributed by atoms with van der Waals surface area (Å²) in [5.74, 6) is 0. The first-order valence-corrected chi connectivity index (χ1v) is 12.7. The van der Waals surface area contributed by atoms with E-state index >= 15 is 0 Å². The maximum atomic E-state index is 13.0. The molecule has 1 N–H and O–H groups in total. The molecule has 1 aliphatic heterocycles. The number of nitrogens with one attached hydrogen (secondary N) is 1. The summed E-state index contributed by atoms with van der Waals surface area (Å²) in [5.41, 5.74) is 9.11. The van der Waals surface area contributed by atoms with Crippen LogP contribution < -0.4 is 10.5 Å². The Bertz CT molecular complexity index is 1200. The van der Waals surface area contributed by atoms with Crippen LogP contribution in [0.25, 0.3) is 11.1 Å². The smallest absolute Gasteiger partial charge is 0.253 e. The molecule has 0 unspecified atom stereocenters. The number of aromatic amines is 1. The number of aryl methyl sites for hydroxylation is 3. The van der Waals surface area contributed by atoms with Gasteiger partial charge in [-0.3, -0.25) is 4.79 Å². The fraction of sp³-hybridized carbons (Fsp3) is 0.433. The molecular weight excluding hydrogens is 432 g/mol. The van der Waals surface area contributed by atoms with Crippen LogP contribution in [0.4, 0.5) is 5.69 Å². The molecule has 186 valence electrons. The van der Waals surface area contributed by atoms with Gasteiger partial charge in [0.15, 0.2) is 0 Å². The number of anilines is 1. The number of aromatic nitrogens is 1. The van der Waals surface area contributed by atoms with E-state index in [4.69, 9.17) is 0 Å². The minimum atomic E-state index is 0.0331. The third kappa shape index (κ3) is 6.03. The second-order valence-electron chi connectivity index (χ2n) is 10.5. The van der Waals surface area contributed by atoms with E-state index in [0.29, 0.717) is 12.6 Å². The van der Waals surface area contributed by atoms with Crippen molar-refractivity contribution in [2.45, 2.75) is 52.7 Å². The van der Waals surface area contributed by atoms with Crippen LogP contribution in [0.3, 0.4) is 0 Å². The fourth-order valence-corrected chi connectivity index (χ4v) is 5.23. The van der Waals surface area contributed by atoms with Gasteiger partial charge in [-0.1, -0.05) is 36.4 Å². The Hall–Kier alpha value is -2.89. The van der Waals surface area contributed by atoms with Crippen LogP contribution in [-0.4, -0.2) is 55.1 Å². The van der Waals surface area contributed by atoms with Crippen molar-refractivity contribution in [2.75, 3.05) is 39.1 Å². The van der Waals surface area contributed by atoms with Crippen molar-refractivity contribution < 1.29 is 0 Å². The number of H-pyrrole nitrogens is 1. The first kappa shape index (κ1) is 25.2. The molecule has 1 aliphatic rings. The Balaban J connectivity index is 1.72.